The maximum absolute atomic E-state index is 9.20. The minimum atomic E-state index is -0.178. The highest BCUT2D eigenvalue weighted by molar-refractivity contribution is 6.31. The van der Waals surface area contributed by atoms with E-state index in [2.05, 4.69) is 15.0 Å². The van der Waals surface area contributed by atoms with Crippen LogP contribution in [0.4, 0.5) is 5.95 Å². The van der Waals surface area contributed by atoms with Gasteiger partial charge in [0.05, 0.1) is 25.9 Å². The van der Waals surface area contributed by atoms with Gasteiger partial charge in [0.15, 0.2) is 0 Å². The number of halogens is 2. The topological polar surface area (TPSA) is 71.4 Å². The molecule has 2 heterocycles. The quantitative estimate of drug-likeness (QED) is 0.833. The van der Waals surface area contributed by atoms with Gasteiger partial charge in [-0.05, 0) is 23.2 Å². The first-order valence-electron chi connectivity index (χ1n) is 4.73. The van der Waals surface area contributed by atoms with Crippen LogP contribution in [0.5, 0.6) is 0 Å². The lowest BCUT2D eigenvalue weighted by Crippen LogP contribution is -2.48. The minimum Gasteiger partial charge on any atom is -0.394 e. The van der Waals surface area contributed by atoms with Gasteiger partial charge in [-0.25, -0.2) is 0 Å². The lowest BCUT2D eigenvalue weighted by molar-refractivity contribution is 0.0718. The van der Waals surface area contributed by atoms with Crippen molar-refractivity contribution in [1.29, 1.82) is 0 Å². The van der Waals surface area contributed by atoms with Crippen LogP contribution < -0.4 is 4.90 Å². The van der Waals surface area contributed by atoms with Crippen molar-refractivity contribution in [3.63, 3.8) is 0 Å². The maximum Gasteiger partial charge on any atom is 0.231 e. The first-order valence-corrected chi connectivity index (χ1v) is 5.48. The van der Waals surface area contributed by atoms with Crippen molar-refractivity contribution in [1.82, 2.24) is 15.0 Å². The normalized spacial score (nSPS) is 21.2. The Labute approximate surface area is 102 Å². The number of hydrogen-bond acceptors (Lipinski definition) is 6. The van der Waals surface area contributed by atoms with Gasteiger partial charge in [0.2, 0.25) is 16.5 Å². The molecule has 0 amide bonds. The third-order valence-electron chi connectivity index (χ3n) is 2.26. The van der Waals surface area contributed by atoms with E-state index in [4.69, 9.17) is 27.9 Å². The van der Waals surface area contributed by atoms with Gasteiger partial charge in [0, 0.05) is 6.54 Å². The molecule has 1 saturated heterocycles. The summed E-state index contributed by atoms with van der Waals surface area (Å²) in [7, 11) is 0. The summed E-state index contributed by atoms with van der Waals surface area (Å²) in [5.41, 5.74) is 0. The molecule has 1 fully saturated rings. The third kappa shape index (κ3) is 2.52. The molecule has 88 valence electrons. The second kappa shape index (κ2) is 5.09. The van der Waals surface area contributed by atoms with E-state index in [1.54, 1.807) is 0 Å². The molecule has 0 saturated carbocycles. The fraction of sp³-hybridized carbons (Fsp3) is 0.625. The molecule has 0 radical (unpaired) electrons. The Morgan fingerprint density at radius 3 is 2.62 bits per heavy atom. The average molecular weight is 265 g/mol. The molecule has 1 unspecified atom stereocenters. The number of aliphatic hydroxyl groups excluding tert-OH is 1. The molecule has 0 aromatic carbocycles. The lowest BCUT2D eigenvalue weighted by Gasteiger charge is -2.34. The number of morpholine rings is 1. The number of nitrogens with zero attached hydrogens (tertiary/aromatic N) is 4. The summed E-state index contributed by atoms with van der Waals surface area (Å²) in [6.07, 6.45) is 0. The summed E-state index contributed by atoms with van der Waals surface area (Å²) < 4.78 is 5.25. The predicted octanol–water partition coefficient (Wildman–Crippen LogP) is 0.376. The van der Waals surface area contributed by atoms with Crippen molar-refractivity contribution in [3.05, 3.63) is 10.6 Å². The summed E-state index contributed by atoms with van der Waals surface area (Å²) in [5.74, 6) is 0.368. The molecule has 0 aliphatic carbocycles. The number of rotatable bonds is 2. The summed E-state index contributed by atoms with van der Waals surface area (Å²) >= 11 is 11.4. The number of ether oxygens (including phenoxy) is 1. The molecule has 0 bridgehead atoms. The summed E-state index contributed by atoms with van der Waals surface area (Å²) in [4.78, 5) is 13.4. The molecule has 0 spiro atoms. The van der Waals surface area contributed by atoms with Gasteiger partial charge in [-0.2, -0.15) is 15.0 Å². The van der Waals surface area contributed by atoms with Gasteiger partial charge < -0.3 is 14.7 Å². The van der Waals surface area contributed by atoms with Crippen molar-refractivity contribution < 1.29 is 9.84 Å². The van der Waals surface area contributed by atoms with E-state index in [1.165, 1.54) is 0 Å². The number of anilines is 1. The summed E-state index contributed by atoms with van der Waals surface area (Å²) in [5, 5.41) is 9.28. The van der Waals surface area contributed by atoms with Gasteiger partial charge in [-0.15, -0.1) is 0 Å². The fourth-order valence-electron chi connectivity index (χ4n) is 1.51. The number of aromatic nitrogens is 3. The second-order valence-corrected chi connectivity index (χ2v) is 3.95. The van der Waals surface area contributed by atoms with Crippen LogP contribution in [-0.4, -0.2) is 52.5 Å². The smallest absolute Gasteiger partial charge is 0.231 e. The zero-order valence-corrected chi connectivity index (χ0v) is 9.82. The fourth-order valence-corrected chi connectivity index (χ4v) is 1.87. The molecule has 1 atom stereocenters. The van der Waals surface area contributed by atoms with Gasteiger partial charge in [-0.1, -0.05) is 0 Å². The first kappa shape index (κ1) is 11.8. The van der Waals surface area contributed by atoms with Crippen LogP contribution in [-0.2, 0) is 4.74 Å². The molecular formula is C8H10Cl2N4O2. The van der Waals surface area contributed by atoms with E-state index in [0.29, 0.717) is 25.7 Å². The molecule has 1 aliphatic rings. The molecule has 16 heavy (non-hydrogen) atoms. The van der Waals surface area contributed by atoms with E-state index in [9.17, 15) is 5.11 Å². The average Bonchev–Trinajstić information content (AvgIpc) is 2.27. The van der Waals surface area contributed by atoms with E-state index in [1.807, 2.05) is 4.90 Å². The van der Waals surface area contributed by atoms with E-state index >= 15 is 0 Å². The highest BCUT2D eigenvalue weighted by Crippen LogP contribution is 2.18. The van der Waals surface area contributed by atoms with Crippen molar-refractivity contribution >= 4 is 29.2 Å². The Morgan fingerprint density at radius 1 is 1.31 bits per heavy atom. The van der Waals surface area contributed by atoms with E-state index < -0.39 is 0 Å². The molecule has 8 heteroatoms. The monoisotopic (exact) mass is 264 g/mol. The molecule has 1 N–H and O–H groups in total. The predicted molar refractivity (Wildman–Crippen MR) is 58.9 cm³/mol. The van der Waals surface area contributed by atoms with Crippen molar-refractivity contribution in [3.8, 4) is 0 Å². The molecule has 2 rings (SSSR count). The minimum absolute atomic E-state index is 0.0400. The number of aliphatic hydroxyl groups is 1. The van der Waals surface area contributed by atoms with Crippen molar-refractivity contribution in [2.75, 3.05) is 31.3 Å². The van der Waals surface area contributed by atoms with Crippen LogP contribution in [0.25, 0.3) is 0 Å². The van der Waals surface area contributed by atoms with E-state index in [0.717, 1.165) is 0 Å². The number of hydrogen-bond donors (Lipinski definition) is 1. The maximum atomic E-state index is 9.20. The Bertz CT molecular complexity index is 359. The van der Waals surface area contributed by atoms with Gasteiger partial charge >= 0.3 is 0 Å². The Kier molecular flexibility index (Phi) is 3.75. The Balaban J connectivity index is 2.26. The van der Waals surface area contributed by atoms with Crippen molar-refractivity contribution in [2.45, 2.75) is 6.04 Å². The zero-order chi connectivity index (χ0) is 11.5. The Morgan fingerprint density at radius 2 is 2.00 bits per heavy atom. The molecule has 1 aromatic rings. The van der Waals surface area contributed by atoms with Crippen LogP contribution in [0, 0.1) is 0 Å². The highest BCUT2D eigenvalue weighted by Gasteiger charge is 2.25. The van der Waals surface area contributed by atoms with Crippen molar-refractivity contribution in [2.24, 2.45) is 0 Å². The second-order valence-electron chi connectivity index (χ2n) is 3.28. The summed E-state index contributed by atoms with van der Waals surface area (Å²) in [6, 6.07) is -0.178. The molecule has 1 aromatic heterocycles. The van der Waals surface area contributed by atoms with Gasteiger partial charge in [-0.3, -0.25) is 0 Å². The Hall–Kier alpha value is -0.690. The van der Waals surface area contributed by atoms with Crippen LogP contribution in [0.3, 0.4) is 0 Å². The van der Waals surface area contributed by atoms with E-state index in [-0.39, 0.29) is 23.2 Å². The van der Waals surface area contributed by atoms with Gasteiger partial charge in [0.25, 0.3) is 0 Å². The lowest BCUT2D eigenvalue weighted by atomic mass is 10.2. The molecule has 6 nitrogen and oxygen atoms in total. The van der Waals surface area contributed by atoms with Crippen LogP contribution in [0.2, 0.25) is 10.6 Å². The SMILES string of the molecule is OCC1COCCN1c1nc(Cl)nc(Cl)n1. The zero-order valence-electron chi connectivity index (χ0n) is 8.31. The van der Waals surface area contributed by atoms with Crippen LogP contribution in [0.1, 0.15) is 0 Å². The summed E-state index contributed by atoms with van der Waals surface area (Å²) in [6.45, 7) is 1.53. The molecular weight excluding hydrogens is 255 g/mol. The molecule has 1 aliphatic heterocycles. The third-order valence-corrected chi connectivity index (χ3v) is 2.60. The largest absolute Gasteiger partial charge is 0.394 e. The van der Waals surface area contributed by atoms with Crippen LogP contribution >= 0.6 is 23.2 Å². The highest BCUT2D eigenvalue weighted by atomic mass is 35.5. The standard InChI is InChI=1S/C8H10Cl2N4O2/c9-6-11-7(10)13-8(12-6)14-1-2-16-4-5(14)3-15/h5,15H,1-4H2. The van der Waals surface area contributed by atoms with Gasteiger partial charge in [0.1, 0.15) is 0 Å². The van der Waals surface area contributed by atoms with Crippen LogP contribution in [0.15, 0.2) is 0 Å². The first-order chi connectivity index (χ1) is 7.70.